The van der Waals surface area contributed by atoms with Gasteiger partial charge in [0.05, 0.1) is 11.9 Å². The number of hydrogen-bond donors (Lipinski definition) is 2. The molecular formula is C23H16N4O4. The molecule has 0 bridgehead atoms. The van der Waals surface area contributed by atoms with Gasteiger partial charge in [0.2, 0.25) is 0 Å². The lowest BCUT2D eigenvalue weighted by molar-refractivity contribution is -0.119. The number of hydrogen-bond acceptors (Lipinski definition) is 6. The molecule has 1 aromatic heterocycles. The summed E-state index contributed by atoms with van der Waals surface area (Å²) in [6.45, 7) is -0.601. The Bertz CT molecular complexity index is 1320. The minimum Gasteiger partial charge on any atom is -0.507 e. The van der Waals surface area contributed by atoms with Crippen molar-refractivity contribution < 1.29 is 19.4 Å². The Morgan fingerprint density at radius 1 is 1.06 bits per heavy atom. The molecule has 0 aliphatic heterocycles. The zero-order chi connectivity index (χ0) is 21.8. The van der Waals surface area contributed by atoms with E-state index in [2.05, 4.69) is 10.4 Å². The first-order chi connectivity index (χ1) is 15.1. The molecule has 2 N–H and O–H groups in total. The Balaban J connectivity index is 1.48. The molecule has 4 aromatic rings. The number of nitrogens with one attached hydrogen (secondary N) is 1. The number of nitrogens with zero attached hydrogens (tertiary/aromatic N) is 3. The molecule has 4 rings (SSSR count). The third-order valence-corrected chi connectivity index (χ3v) is 4.57. The number of ether oxygens (including phenoxy) is 1. The maximum atomic E-state index is 12.4. The van der Waals surface area contributed by atoms with Crippen LogP contribution in [0.4, 0.5) is 5.82 Å². The van der Waals surface area contributed by atoms with Gasteiger partial charge < -0.3 is 15.2 Å². The van der Waals surface area contributed by atoms with E-state index in [1.807, 2.05) is 24.3 Å². The van der Waals surface area contributed by atoms with Crippen molar-refractivity contribution in [2.45, 2.75) is 0 Å². The van der Waals surface area contributed by atoms with Gasteiger partial charge in [0.25, 0.3) is 5.91 Å². The molecule has 0 aliphatic carbocycles. The van der Waals surface area contributed by atoms with Crippen molar-refractivity contribution >= 4 is 28.5 Å². The summed E-state index contributed by atoms with van der Waals surface area (Å²) in [5.41, 5.74) is 0.770. The fourth-order valence-electron chi connectivity index (χ4n) is 3.08. The van der Waals surface area contributed by atoms with Gasteiger partial charge in [-0.3, -0.25) is 4.79 Å². The third kappa shape index (κ3) is 4.06. The second-order valence-corrected chi connectivity index (χ2v) is 6.61. The maximum absolute atomic E-state index is 12.4. The van der Waals surface area contributed by atoms with E-state index in [1.54, 1.807) is 36.4 Å². The van der Waals surface area contributed by atoms with Gasteiger partial charge in [0, 0.05) is 0 Å². The molecule has 0 fully saturated rings. The number of carbonyl (C=O) groups excluding carboxylic acids is 2. The zero-order valence-corrected chi connectivity index (χ0v) is 16.1. The largest absolute Gasteiger partial charge is 0.507 e. The summed E-state index contributed by atoms with van der Waals surface area (Å²) in [5.74, 6) is -1.56. The van der Waals surface area contributed by atoms with Crippen LogP contribution in [-0.2, 0) is 9.53 Å². The van der Waals surface area contributed by atoms with Crippen LogP contribution >= 0.6 is 0 Å². The van der Waals surface area contributed by atoms with Crippen LogP contribution in [0.15, 0.2) is 72.9 Å². The summed E-state index contributed by atoms with van der Waals surface area (Å²) in [6.07, 6.45) is 1.34. The molecule has 1 heterocycles. The van der Waals surface area contributed by atoms with Gasteiger partial charge in [-0.1, -0.05) is 42.5 Å². The highest BCUT2D eigenvalue weighted by atomic mass is 16.5. The summed E-state index contributed by atoms with van der Waals surface area (Å²) in [6, 6.07) is 21.1. The Kier molecular flexibility index (Phi) is 5.32. The fraction of sp³-hybridized carbons (Fsp3) is 0.0435. The van der Waals surface area contributed by atoms with E-state index < -0.39 is 18.5 Å². The number of esters is 1. The highest BCUT2D eigenvalue weighted by molar-refractivity contribution is 6.00. The molecule has 0 atom stereocenters. The van der Waals surface area contributed by atoms with Crippen molar-refractivity contribution in [3.63, 3.8) is 0 Å². The lowest BCUT2D eigenvalue weighted by Crippen LogP contribution is -2.23. The number of fused-ring (bicyclic) bond motifs is 1. The molecule has 1 amide bonds. The van der Waals surface area contributed by atoms with Crippen LogP contribution in [-0.4, -0.2) is 33.4 Å². The number of aromatic nitrogens is 2. The van der Waals surface area contributed by atoms with Crippen LogP contribution < -0.4 is 5.32 Å². The SMILES string of the molecule is N#Cc1cnn(-c2ccccc2)c1NC(=O)COC(=O)c1cc2ccccc2cc1O. The van der Waals surface area contributed by atoms with E-state index in [4.69, 9.17) is 4.74 Å². The highest BCUT2D eigenvalue weighted by Gasteiger charge is 2.18. The highest BCUT2D eigenvalue weighted by Crippen LogP contribution is 2.25. The van der Waals surface area contributed by atoms with Crippen molar-refractivity contribution in [3.8, 4) is 17.5 Å². The summed E-state index contributed by atoms with van der Waals surface area (Å²) < 4.78 is 6.47. The number of carbonyl (C=O) groups is 2. The summed E-state index contributed by atoms with van der Waals surface area (Å²) in [5, 5.41) is 27.7. The molecule has 31 heavy (non-hydrogen) atoms. The number of aromatic hydroxyl groups is 1. The number of amides is 1. The van der Waals surface area contributed by atoms with E-state index in [9.17, 15) is 20.0 Å². The summed E-state index contributed by atoms with van der Waals surface area (Å²) in [4.78, 5) is 24.8. The molecule has 0 saturated heterocycles. The number of para-hydroxylation sites is 1. The first-order valence-electron chi connectivity index (χ1n) is 9.29. The van der Waals surface area contributed by atoms with Crippen molar-refractivity contribution in [2.75, 3.05) is 11.9 Å². The van der Waals surface area contributed by atoms with Gasteiger partial charge in [-0.05, 0) is 35.0 Å². The Labute approximate surface area is 176 Å². The van der Waals surface area contributed by atoms with Gasteiger partial charge in [0.1, 0.15) is 22.9 Å². The molecular weight excluding hydrogens is 396 g/mol. The van der Waals surface area contributed by atoms with E-state index in [-0.39, 0.29) is 22.7 Å². The molecule has 152 valence electrons. The number of benzene rings is 3. The molecule has 0 aliphatic rings. The van der Waals surface area contributed by atoms with Crippen molar-refractivity contribution in [1.82, 2.24) is 9.78 Å². The predicted molar refractivity (Wildman–Crippen MR) is 113 cm³/mol. The number of nitriles is 1. The average Bonchev–Trinajstić information content (AvgIpc) is 3.20. The zero-order valence-electron chi connectivity index (χ0n) is 16.1. The van der Waals surface area contributed by atoms with Crippen LogP contribution in [0.25, 0.3) is 16.5 Å². The van der Waals surface area contributed by atoms with Gasteiger partial charge >= 0.3 is 5.97 Å². The van der Waals surface area contributed by atoms with Crippen LogP contribution in [0, 0.1) is 11.3 Å². The van der Waals surface area contributed by atoms with Crippen LogP contribution in [0.3, 0.4) is 0 Å². The standard InChI is InChI=1S/C23H16N4O4/c24-12-17-13-25-27(18-8-2-1-3-9-18)22(17)26-21(29)14-31-23(30)19-10-15-6-4-5-7-16(15)11-20(19)28/h1-11,13,28H,14H2,(H,26,29). The second-order valence-electron chi connectivity index (χ2n) is 6.61. The maximum Gasteiger partial charge on any atom is 0.342 e. The van der Waals surface area contributed by atoms with Gasteiger partial charge in [-0.25, -0.2) is 9.48 Å². The number of phenols is 1. The minimum atomic E-state index is -0.838. The van der Waals surface area contributed by atoms with Crippen molar-refractivity contribution in [2.24, 2.45) is 0 Å². The van der Waals surface area contributed by atoms with E-state index in [0.29, 0.717) is 5.69 Å². The third-order valence-electron chi connectivity index (χ3n) is 4.57. The van der Waals surface area contributed by atoms with E-state index in [0.717, 1.165) is 10.8 Å². The fourth-order valence-corrected chi connectivity index (χ4v) is 3.08. The van der Waals surface area contributed by atoms with Crippen LogP contribution in [0.1, 0.15) is 15.9 Å². The van der Waals surface area contributed by atoms with Crippen molar-refractivity contribution in [1.29, 1.82) is 5.26 Å². The lowest BCUT2D eigenvalue weighted by Gasteiger charge is -2.11. The summed E-state index contributed by atoms with van der Waals surface area (Å²) >= 11 is 0. The smallest absolute Gasteiger partial charge is 0.342 e. The second kappa shape index (κ2) is 8.39. The van der Waals surface area contributed by atoms with Gasteiger partial charge in [0.15, 0.2) is 12.4 Å². The Morgan fingerprint density at radius 2 is 1.74 bits per heavy atom. The number of anilines is 1. The quantitative estimate of drug-likeness (QED) is 0.485. The monoisotopic (exact) mass is 412 g/mol. The molecule has 0 spiro atoms. The van der Waals surface area contributed by atoms with E-state index in [1.165, 1.54) is 23.0 Å². The van der Waals surface area contributed by atoms with Gasteiger partial charge in [-0.15, -0.1) is 0 Å². The first kappa shape index (κ1) is 19.7. The summed E-state index contributed by atoms with van der Waals surface area (Å²) in [7, 11) is 0. The van der Waals surface area contributed by atoms with Crippen molar-refractivity contribution in [3.05, 3.63) is 84.1 Å². The van der Waals surface area contributed by atoms with Crippen LogP contribution in [0.5, 0.6) is 5.75 Å². The minimum absolute atomic E-state index is 0.0430. The topological polar surface area (TPSA) is 117 Å². The normalized spacial score (nSPS) is 10.4. The average molecular weight is 412 g/mol. The first-order valence-corrected chi connectivity index (χ1v) is 9.29. The predicted octanol–water partition coefficient (Wildman–Crippen LogP) is 3.40. The lowest BCUT2D eigenvalue weighted by atomic mass is 10.1. The van der Waals surface area contributed by atoms with Crippen LogP contribution in [0.2, 0.25) is 0 Å². The Morgan fingerprint density at radius 3 is 2.45 bits per heavy atom. The Hall–Kier alpha value is -4.64. The molecule has 3 aromatic carbocycles. The molecule has 0 radical (unpaired) electrons. The number of rotatable bonds is 5. The molecule has 8 heteroatoms. The molecule has 8 nitrogen and oxygen atoms in total. The molecule has 0 saturated carbocycles. The van der Waals surface area contributed by atoms with E-state index >= 15 is 0 Å². The van der Waals surface area contributed by atoms with Gasteiger partial charge in [-0.2, -0.15) is 10.4 Å². The molecule has 0 unspecified atom stereocenters. The number of phenolic OH excluding ortho intramolecular Hbond substituents is 1.